The Hall–Kier alpha value is -1.74. The van der Waals surface area contributed by atoms with Gasteiger partial charge >= 0.3 is 0 Å². The summed E-state index contributed by atoms with van der Waals surface area (Å²) in [5, 5.41) is 0. The molecule has 2 aromatic carbocycles. The first-order valence-electron chi connectivity index (χ1n) is 5.77. The van der Waals surface area contributed by atoms with Crippen molar-refractivity contribution in [2.75, 3.05) is 0 Å². The number of hydrogen-bond acceptors (Lipinski definition) is 1. The van der Waals surface area contributed by atoms with Crippen LogP contribution in [-0.4, -0.2) is 0 Å². The SMILES string of the molecule is Cc1ccc(C(N)c2ccc(C)c(F)c2F)cc1. The summed E-state index contributed by atoms with van der Waals surface area (Å²) in [7, 11) is 0. The second-order valence-corrected chi connectivity index (χ2v) is 4.49. The molecule has 0 aliphatic rings. The normalized spacial score (nSPS) is 12.5. The Kier molecular flexibility index (Phi) is 3.43. The fraction of sp³-hybridized carbons (Fsp3) is 0.200. The van der Waals surface area contributed by atoms with Crippen LogP contribution in [0.2, 0.25) is 0 Å². The molecule has 2 rings (SSSR count). The van der Waals surface area contributed by atoms with Crippen LogP contribution < -0.4 is 5.73 Å². The van der Waals surface area contributed by atoms with Gasteiger partial charge in [0.1, 0.15) is 0 Å². The van der Waals surface area contributed by atoms with Crippen molar-refractivity contribution < 1.29 is 8.78 Å². The first-order chi connectivity index (χ1) is 8.50. The van der Waals surface area contributed by atoms with Crippen LogP contribution >= 0.6 is 0 Å². The largest absolute Gasteiger partial charge is 0.320 e. The number of halogens is 2. The average molecular weight is 247 g/mol. The van der Waals surface area contributed by atoms with E-state index in [1.165, 1.54) is 13.0 Å². The number of rotatable bonds is 2. The first-order valence-corrected chi connectivity index (χ1v) is 5.77. The predicted molar refractivity (Wildman–Crippen MR) is 68.3 cm³/mol. The molecule has 0 aliphatic carbocycles. The molecule has 0 spiro atoms. The predicted octanol–water partition coefficient (Wildman–Crippen LogP) is 3.63. The highest BCUT2D eigenvalue weighted by atomic mass is 19.2. The molecule has 1 atom stereocenters. The van der Waals surface area contributed by atoms with Gasteiger partial charge < -0.3 is 5.73 Å². The molecule has 0 fully saturated rings. The summed E-state index contributed by atoms with van der Waals surface area (Å²) in [6.45, 7) is 3.49. The van der Waals surface area contributed by atoms with E-state index in [1.807, 2.05) is 31.2 Å². The smallest absolute Gasteiger partial charge is 0.164 e. The monoisotopic (exact) mass is 247 g/mol. The molecule has 0 aliphatic heterocycles. The van der Waals surface area contributed by atoms with Gasteiger partial charge in [0, 0.05) is 5.56 Å². The second kappa shape index (κ2) is 4.86. The third-order valence-corrected chi connectivity index (χ3v) is 3.08. The van der Waals surface area contributed by atoms with Crippen molar-refractivity contribution in [3.05, 3.63) is 70.3 Å². The van der Waals surface area contributed by atoms with Crippen LogP contribution in [0.15, 0.2) is 36.4 Å². The van der Waals surface area contributed by atoms with E-state index < -0.39 is 17.7 Å². The quantitative estimate of drug-likeness (QED) is 0.861. The van der Waals surface area contributed by atoms with Gasteiger partial charge in [0.05, 0.1) is 6.04 Å². The van der Waals surface area contributed by atoms with Crippen LogP contribution in [0.1, 0.15) is 28.3 Å². The van der Waals surface area contributed by atoms with Crippen molar-refractivity contribution >= 4 is 0 Å². The van der Waals surface area contributed by atoms with Gasteiger partial charge in [0.15, 0.2) is 11.6 Å². The molecule has 2 N–H and O–H groups in total. The summed E-state index contributed by atoms with van der Waals surface area (Å²) < 4.78 is 27.3. The zero-order valence-corrected chi connectivity index (χ0v) is 10.4. The minimum Gasteiger partial charge on any atom is -0.320 e. The molecule has 18 heavy (non-hydrogen) atoms. The summed E-state index contributed by atoms with van der Waals surface area (Å²) in [6.07, 6.45) is 0. The van der Waals surface area contributed by atoms with E-state index in [4.69, 9.17) is 5.73 Å². The Morgan fingerprint density at radius 3 is 2.11 bits per heavy atom. The van der Waals surface area contributed by atoms with E-state index in [1.54, 1.807) is 6.07 Å². The van der Waals surface area contributed by atoms with Gasteiger partial charge in [-0.15, -0.1) is 0 Å². The van der Waals surface area contributed by atoms with Gasteiger partial charge in [0.25, 0.3) is 0 Å². The summed E-state index contributed by atoms with van der Waals surface area (Å²) >= 11 is 0. The first kappa shape index (κ1) is 12.7. The summed E-state index contributed by atoms with van der Waals surface area (Å²) in [6, 6.07) is 9.89. The topological polar surface area (TPSA) is 26.0 Å². The molecule has 0 aromatic heterocycles. The molecule has 0 saturated carbocycles. The zero-order chi connectivity index (χ0) is 13.3. The fourth-order valence-corrected chi connectivity index (χ4v) is 1.85. The molecule has 0 amide bonds. The van der Waals surface area contributed by atoms with Gasteiger partial charge in [-0.25, -0.2) is 8.78 Å². The molecule has 94 valence electrons. The zero-order valence-electron chi connectivity index (χ0n) is 10.4. The van der Waals surface area contributed by atoms with Crippen molar-refractivity contribution in [1.82, 2.24) is 0 Å². The van der Waals surface area contributed by atoms with Crippen LogP contribution in [0.5, 0.6) is 0 Å². The lowest BCUT2D eigenvalue weighted by molar-refractivity contribution is 0.489. The van der Waals surface area contributed by atoms with Gasteiger partial charge in [-0.2, -0.15) is 0 Å². The molecule has 0 saturated heterocycles. The lowest BCUT2D eigenvalue weighted by atomic mass is 9.97. The van der Waals surface area contributed by atoms with Gasteiger partial charge in [0.2, 0.25) is 0 Å². The van der Waals surface area contributed by atoms with E-state index in [2.05, 4.69) is 0 Å². The maximum atomic E-state index is 13.8. The molecule has 1 unspecified atom stereocenters. The van der Waals surface area contributed by atoms with Crippen molar-refractivity contribution in [1.29, 1.82) is 0 Å². The van der Waals surface area contributed by atoms with Gasteiger partial charge in [-0.1, -0.05) is 42.0 Å². The Bertz CT molecular complexity index is 561. The lowest BCUT2D eigenvalue weighted by Crippen LogP contribution is -2.14. The molecule has 1 nitrogen and oxygen atoms in total. The second-order valence-electron chi connectivity index (χ2n) is 4.49. The average Bonchev–Trinajstić information content (AvgIpc) is 2.36. The molecule has 3 heteroatoms. The van der Waals surface area contributed by atoms with E-state index in [0.29, 0.717) is 0 Å². The minimum absolute atomic E-state index is 0.182. The molecule has 0 bridgehead atoms. The highest BCUT2D eigenvalue weighted by Gasteiger charge is 2.17. The van der Waals surface area contributed by atoms with Crippen LogP contribution in [0.25, 0.3) is 0 Å². The van der Waals surface area contributed by atoms with E-state index in [0.717, 1.165) is 11.1 Å². The van der Waals surface area contributed by atoms with Crippen LogP contribution in [0, 0.1) is 25.5 Å². The molecular formula is C15H15F2N. The summed E-state index contributed by atoms with van der Waals surface area (Å²) in [5.74, 6) is -1.68. The molecule has 2 aromatic rings. The molecule has 0 radical (unpaired) electrons. The standard InChI is InChI=1S/C15H15F2N/c1-9-3-6-11(7-4-9)15(18)12-8-5-10(2)13(16)14(12)17/h3-8,15H,18H2,1-2H3. The fourth-order valence-electron chi connectivity index (χ4n) is 1.85. The Balaban J connectivity index is 2.43. The van der Waals surface area contributed by atoms with Crippen LogP contribution in [0.3, 0.4) is 0 Å². The summed E-state index contributed by atoms with van der Waals surface area (Å²) in [5.41, 5.74) is 8.31. The lowest BCUT2D eigenvalue weighted by Gasteiger charge is -2.14. The third-order valence-electron chi connectivity index (χ3n) is 3.08. The van der Waals surface area contributed by atoms with E-state index in [9.17, 15) is 8.78 Å². The summed E-state index contributed by atoms with van der Waals surface area (Å²) in [4.78, 5) is 0. The molecular weight excluding hydrogens is 232 g/mol. The Labute approximate surface area is 105 Å². The Morgan fingerprint density at radius 1 is 0.889 bits per heavy atom. The maximum absolute atomic E-state index is 13.8. The number of hydrogen-bond donors (Lipinski definition) is 1. The van der Waals surface area contributed by atoms with Gasteiger partial charge in [-0.3, -0.25) is 0 Å². The van der Waals surface area contributed by atoms with Crippen molar-refractivity contribution in [2.45, 2.75) is 19.9 Å². The van der Waals surface area contributed by atoms with Crippen LogP contribution in [-0.2, 0) is 0 Å². The number of aryl methyl sites for hydroxylation is 2. The third kappa shape index (κ3) is 2.27. The maximum Gasteiger partial charge on any atom is 0.164 e. The van der Waals surface area contributed by atoms with Gasteiger partial charge in [-0.05, 0) is 25.0 Å². The van der Waals surface area contributed by atoms with E-state index >= 15 is 0 Å². The van der Waals surface area contributed by atoms with Crippen molar-refractivity contribution in [3.8, 4) is 0 Å². The van der Waals surface area contributed by atoms with Crippen molar-refractivity contribution in [3.63, 3.8) is 0 Å². The van der Waals surface area contributed by atoms with Crippen molar-refractivity contribution in [2.24, 2.45) is 5.73 Å². The highest BCUT2D eigenvalue weighted by Crippen LogP contribution is 2.25. The number of nitrogens with two attached hydrogens (primary N) is 1. The van der Waals surface area contributed by atoms with E-state index in [-0.39, 0.29) is 11.1 Å². The molecule has 0 heterocycles. The number of benzene rings is 2. The Morgan fingerprint density at radius 2 is 1.50 bits per heavy atom. The highest BCUT2D eigenvalue weighted by molar-refractivity contribution is 5.35. The minimum atomic E-state index is -0.858. The van der Waals surface area contributed by atoms with Crippen LogP contribution in [0.4, 0.5) is 8.78 Å².